The average Bonchev–Trinajstić information content (AvgIpc) is 3.06. The second-order valence-electron chi connectivity index (χ2n) is 5.73. The summed E-state index contributed by atoms with van der Waals surface area (Å²) in [4.78, 5) is 22.9. The Morgan fingerprint density at radius 2 is 2.29 bits per heavy atom. The summed E-state index contributed by atoms with van der Waals surface area (Å²) in [5.41, 5.74) is 1.22. The van der Waals surface area contributed by atoms with E-state index in [1.165, 1.54) is 5.56 Å². The average molecular weight is 310 g/mol. The molecule has 1 aliphatic rings. The predicted octanol–water partition coefficient (Wildman–Crippen LogP) is 2.48. The molecule has 1 saturated carbocycles. The Hall–Kier alpha value is -1.56. The van der Waals surface area contributed by atoms with Crippen LogP contribution in [-0.2, 0) is 11.2 Å². The number of carbonyl (C=O) groups excluding carboxylic acids is 1. The highest BCUT2D eigenvalue weighted by molar-refractivity contribution is 7.07. The Bertz CT molecular complexity index is 475. The number of rotatable bonds is 6. The normalized spacial score (nSPS) is 22.7. The van der Waals surface area contributed by atoms with Crippen LogP contribution in [0.3, 0.4) is 0 Å². The number of aliphatic carboxylic acids is 1. The van der Waals surface area contributed by atoms with Gasteiger partial charge in [0.1, 0.15) is 0 Å². The van der Waals surface area contributed by atoms with Crippen LogP contribution in [0.5, 0.6) is 0 Å². The van der Waals surface area contributed by atoms with E-state index in [-0.39, 0.29) is 23.9 Å². The van der Waals surface area contributed by atoms with Gasteiger partial charge in [-0.25, -0.2) is 4.79 Å². The lowest BCUT2D eigenvalue weighted by molar-refractivity contribution is -0.142. The van der Waals surface area contributed by atoms with E-state index < -0.39 is 5.97 Å². The maximum absolute atomic E-state index is 11.8. The van der Waals surface area contributed by atoms with Crippen molar-refractivity contribution in [2.24, 2.45) is 11.8 Å². The first-order chi connectivity index (χ1) is 10.1. The Kier molecular flexibility index (Phi) is 5.61. The number of amides is 2. The number of carboxylic acids is 1. The summed E-state index contributed by atoms with van der Waals surface area (Å²) in [6.45, 7) is 2.40. The minimum atomic E-state index is -0.745. The third-order valence-electron chi connectivity index (χ3n) is 4.00. The molecule has 2 amide bonds. The second kappa shape index (κ2) is 7.45. The number of hydrogen-bond donors (Lipinski definition) is 3. The summed E-state index contributed by atoms with van der Waals surface area (Å²) in [6, 6.07) is 1.89. The smallest absolute Gasteiger partial charge is 0.315 e. The van der Waals surface area contributed by atoms with E-state index in [9.17, 15) is 9.59 Å². The fraction of sp³-hybridized carbons (Fsp3) is 0.600. The lowest BCUT2D eigenvalue weighted by atomic mass is 9.96. The van der Waals surface area contributed by atoms with Crippen LogP contribution in [0.4, 0.5) is 4.79 Å². The molecular formula is C15H22N2O3S. The summed E-state index contributed by atoms with van der Waals surface area (Å²) >= 11 is 1.65. The molecule has 3 atom stereocenters. The number of carbonyl (C=O) groups is 2. The zero-order valence-electron chi connectivity index (χ0n) is 12.2. The molecule has 3 unspecified atom stereocenters. The molecule has 0 spiro atoms. The van der Waals surface area contributed by atoms with Gasteiger partial charge in [-0.2, -0.15) is 11.3 Å². The molecule has 0 radical (unpaired) electrons. The molecule has 0 saturated heterocycles. The molecule has 2 rings (SSSR count). The van der Waals surface area contributed by atoms with Crippen LogP contribution in [0.2, 0.25) is 0 Å². The Morgan fingerprint density at radius 3 is 2.95 bits per heavy atom. The lowest BCUT2D eigenvalue weighted by Gasteiger charge is -2.18. The molecule has 21 heavy (non-hydrogen) atoms. The molecule has 0 bridgehead atoms. The van der Waals surface area contributed by atoms with E-state index in [2.05, 4.69) is 22.1 Å². The molecule has 5 nitrogen and oxygen atoms in total. The van der Waals surface area contributed by atoms with Gasteiger partial charge in [-0.15, -0.1) is 0 Å². The van der Waals surface area contributed by atoms with E-state index in [0.717, 1.165) is 25.7 Å². The van der Waals surface area contributed by atoms with Crippen LogP contribution in [0.15, 0.2) is 16.8 Å². The Labute approximate surface area is 128 Å². The van der Waals surface area contributed by atoms with E-state index in [1.54, 1.807) is 11.3 Å². The van der Waals surface area contributed by atoms with E-state index >= 15 is 0 Å². The molecule has 6 heteroatoms. The van der Waals surface area contributed by atoms with Crippen molar-refractivity contribution < 1.29 is 14.7 Å². The number of carboxylic acid groups (broad SMARTS) is 1. The van der Waals surface area contributed by atoms with E-state index in [1.807, 2.05) is 12.3 Å². The molecule has 1 aromatic rings. The van der Waals surface area contributed by atoms with Gasteiger partial charge in [0, 0.05) is 12.6 Å². The van der Waals surface area contributed by atoms with Crippen molar-refractivity contribution in [2.45, 2.75) is 38.6 Å². The van der Waals surface area contributed by atoms with Gasteiger partial charge in [0.25, 0.3) is 0 Å². The summed E-state index contributed by atoms with van der Waals surface area (Å²) in [5.74, 6) is -1.00. The second-order valence-corrected chi connectivity index (χ2v) is 6.51. The van der Waals surface area contributed by atoms with Gasteiger partial charge < -0.3 is 15.7 Å². The van der Waals surface area contributed by atoms with Crippen LogP contribution in [0.25, 0.3) is 0 Å². The van der Waals surface area contributed by atoms with Gasteiger partial charge in [-0.05, 0) is 54.5 Å². The number of thiophene rings is 1. The monoisotopic (exact) mass is 310 g/mol. The van der Waals surface area contributed by atoms with E-state index in [0.29, 0.717) is 6.54 Å². The maximum Gasteiger partial charge on any atom is 0.315 e. The zero-order valence-corrected chi connectivity index (χ0v) is 13.0. The van der Waals surface area contributed by atoms with Gasteiger partial charge in [0.15, 0.2) is 0 Å². The largest absolute Gasteiger partial charge is 0.481 e. The van der Waals surface area contributed by atoms with Crippen molar-refractivity contribution in [1.29, 1.82) is 0 Å². The quantitative estimate of drug-likeness (QED) is 0.755. The predicted molar refractivity (Wildman–Crippen MR) is 82.5 cm³/mol. The fourth-order valence-electron chi connectivity index (χ4n) is 2.92. The van der Waals surface area contributed by atoms with Crippen LogP contribution >= 0.6 is 11.3 Å². The van der Waals surface area contributed by atoms with Gasteiger partial charge in [0.05, 0.1) is 5.92 Å². The number of hydrogen-bond acceptors (Lipinski definition) is 3. The Morgan fingerprint density at radius 1 is 1.48 bits per heavy atom. The topological polar surface area (TPSA) is 78.4 Å². The van der Waals surface area contributed by atoms with Gasteiger partial charge >= 0.3 is 12.0 Å². The van der Waals surface area contributed by atoms with E-state index in [4.69, 9.17) is 5.11 Å². The number of urea groups is 1. The third kappa shape index (κ3) is 4.74. The third-order valence-corrected chi connectivity index (χ3v) is 4.73. The lowest BCUT2D eigenvalue weighted by Crippen LogP contribution is -2.44. The highest BCUT2D eigenvalue weighted by Crippen LogP contribution is 2.31. The summed E-state index contributed by atoms with van der Waals surface area (Å²) in [5, 5.41) is 18.9. The van der Waals surface area contributed by atoms with Crippen molar-refractivity contribution in [3.63, 3.8) is 0 Å². The molecule has 1 heterocycles. The highest BCUT2D eigenvalue weighted by Gasteiger charge is 2.32. The van der Waals surface area contributed by atoms with Gasteiger partial charge in [-0.3, -0.25) is 4.79 Å². The highest BCUT2D eigenvalue weighted by atomic mass is 32.1. The first-order valence-electron chi connectivity index (χ1n) is 7.34. The molecule has 1 aromatic heterocycles. The maximum atomic E-state index is 11.8. The molecule has 0 aliphatic heterocycles. The minimum Gasteiger partial charge on any atom is -0.481 e. The van der Waals surface area contributed by atoms with Crippen molar-refractivity contribution in [3.8, 4) is 0 Å². The molecule has 1 fully saturated rings. The first-order valence-corrected chi connectivity index (χ1v) is 8.28. The summed E-state index contributed by atoms with van der Waals surface area (Å²) in [6.07, 6.45) is 3.33. The summed E-state index contributed by atoms with van der Waals surface area (Å²) in [7, 11) is 0. The van der Waals surface area contributed by atoms with Crippen LogP contribution in [0, 0.1) is 11.8 Å². The van der Waals surface area contributed by atoms with Gasteiger partial charge in [-0.1, -0.05) is 6.42 Å². The molecular weight excluding hydrogens is 288 g/mol. The van der Waals surface area contributed by atoms with Crippen LogP contribution < -0.4 is 10.6 Å². The molecule has 0 aromatic carbocycles. The van der Waals surface area contributed by atoms with Crippen molar-refractivity contribution >= 4 is 23.3 Å². The standard InChI is InChI=1S/C15H22N2O3S/c1-10(7-11-5-6-21-9-11)17-15(20)16-8-12-3-2-4-13(12)14(18)19/h5-6,9-10,12-13H,2-4,7-8H2,1H3,(H,18,19)(H2,16,17,20). The fourth-order valence-corrected chi connectivity index (χ4v) is 3.60. The van der Waals surface area contributed by atoms with Crippen molar-refractivity contribution in [1.82, 2.24) is 10.6 Å². The van der Waals surface area contributed by atoms with Crippen molar-refractivity contribution in [2.75, 3.05) is 6.54 Å². The summed E-state index contributed by atoms with van der Waals surface area (Å²) < 4.78 is 0. The molecule has 1 aliphatic carbocycles. The molecule has 116 valence electrons. The van der Waals surface area contributed by atoms with Crippen LogP contribution in [0.1, 0.15) is 31.7 Å². The van der Waals surface area contributed by atoms with Gasteiger partial charge in [0.2, 0.25) is 0 Å². The minimum absolute atomic E-state index is 0.0541. The van der Waals surface area contributed by atoms with Crippen LogP contribution in [-0.4, -0.2) is 29.7 Å². The zero-order chi connectivity index (χ0) is 15.2. The molecule has 3 N–H and O–H groups in total. The number of nitrogens with one attached hydrogen (secondary N) is 2. The Balaban J connectivity index is 1.70. The van der Waals surface area contributed by atoms with Crippen molar-refractivity contribution in [3.05, 3.63) is 22.4 Å². The SMILES string of the molecule is CC(Cc1ccsc1)NC(=O)NCC1CCCC1C(=O)O. The first kappa shape index (κ1) is 15.8.